The Morgan fingerprint density at radius 1 is 0.702 bits per heavy atom. The Bertz CT molecular complexity index is 1870. The summed E-state index contributed by atoms with van der Waals surface area (Å²) in [4.78, 5) is 35.7. The Kier molecular flexibility index (Phi) is 8.61. The minimum absolute atomic E-state index is 0.0237. The van der Waals surface area contributed by atoms with Crippen LogP contribution in [-0.4, -0.2) is 52.4 Å². The zero-order valence-electron chi connectivity index (χ0n) is 25.5. The second-order valence-electron chi connectivity index (χ2n) is 11.4. The maximum atomic E-state index is 13.5. The highest BCUT2D eigenvalue weighted by Gasteiger charge is 2.38. The SMILES string of the molecule is O=C(Nc1ccc(N2CCN(C(=O)c3ccc(Cl)s3)CC2)cc1)c1cn(C(c2ccccc2)(c2ccccc2)c2ccccc2)cn1. The van der Waals surface area contributed by atoms with E-state index >= 15 is 0 Å². The van der Waals surface area contributed by atoms with Crippen LogP contribution < -0.4 is 10.2 Å². The van der Waals surface area contributed by atoms with Crippen molar-refractivity contribution in [1.29, 1.82) is 0 Å². The van der Waals surface area contributed by atoms with Gasteiger partial charge in [0.1, 0.15) is 11.2 Å². The molecule has 0 spiro atoms. The van der Waals surface area contributed by atoms with Gasteiger partial charge >= 0.3 is 0 Å². The summed E-state index contributed by atoms with van der Waals surface area (Å²) < 4.78 is 2.65. The van der Waals surface area contributed by atoms with Crippen molar-refractivity contribution in [3.8, 4) is 0 Å². The number of rotatable bonds is 8. The quantitative estimate of drug-likeness (QED) is 0.171. The van der Waals surface area contributed by atoms with Crippen LogP contribution in [0.2, 0.25) is 4.34 Å². The third kappa shape index (κ3) is 6.05. The number of benzene rings is 4. The van der Waals surface area contributed by atoms with Crippen molar-refractivity contribution in [2.75, 3.05) is 36.4 Å². The van der Waals surface area contributed by atoms with Gasteiger partial charge in [0, 0.05) is 43.8 Å². The maximum absolute atomic E-state index is 13.5. The molecule has 9 heteroatoms. The summed E-state index contributed by atoms with van der Waals surface area (Å²) in [7, 11) is 0. The number of amides is 2. The molecular formula is C38H32ClN5O2S. The van der Waals surface area contributed by atoms with Gasteiger partial charge in [0.25, 0.3) is 11.8 Å². The van der Waals surface area contributed by atoms with E-state index in [1.54, 1.807) is 18.5 Å². The standard InChI is InChI=1S/C38H32ClN5O2S/c39-35-21-20-34(47-35)37(46)43-24-22-42(23-25-43)32-18-16-31(17-19-32)41-36(45)33-26-44(27-40-33)38(28-10-4-1-5-11-28,29-12-6-2-7-13-29)30-14-8-3-9-15-30/h1-21,26-27H,22-25H2,(H,41,45). The Morgan fingerprint density at radius 2 is 1.26 bits per heavy atom. The Morgan fingerprint density at radius 3 is 1.77 bits per heavy atom. The average molecular weight is 658 g/mol. The second kappa shape index (κ2) is 13.3. The fourth-order valence-electron chi connectivity index (χ4n) is 6.31. The molecule has 0 saturated carbocycles. The van der Waals surface area contributed by atoms with Crippen LogP contribution in [0.1, 0.15) is 36.9 Å². The minimum Gasteiger partial charge on any atom is -0.368 e. The van der Waals surface area contributed by atoms with E-state index in [0.29, 0.717) is 33.7 Å². The van der Waals surface area contributed by atoms with Gasteiger partial charge in [-0.15, -0.1) is 11.3 Å². The molecule has 1 N–H and O–H groups in total. The molecule has 7 nitrogen and oxygen atoms in total. The van der Waals surface area contributed by atoms with Crippen molar-refractivity contribution in [3.05, 3.63) is 172 Å². The number of nitrogens with one attached hydrogen (secondary N) is 1. The van der Waals surface area contributed by atoms with Crippen LogP contribution >= 0.6 is 22.9 Å². The first-order valence-corrected chi connectivity index (χ1v) is 16.6. The molecule has 4 aromatic carbocycles. The molecule has 1 fully saturated rings. The van der Waals surface area contributed by atoms with Gasteiger partial charge in [-0.3, -0.25) is 9.59 Å². The zero-order valence-corrected chi connectivity index (χ0v) is 27.1. The fraction of sp³-hybridized carbons (Fsp3) is 0.132. The summed E-state index contributed by atoms with van der Waals surface area (Å²) in [5.74, 6) is -0.268. The second-order valence-corrected chi connectivity index (χ2v) is 13.1. The number of anilines is 2. The van der Waals surface area contributed by atoms with Crippen LogP contribution in [-0.2, 0) is 5.54 Å². The monoisotopic (exact) mass is 657 g/mol. The molecule has 2 amide bonds. The first-order valence-electron chi connectivity index (χ1n) is 15.4. The first-order chi connectivity index (χ1) is 23.0. The van der Waals surface area contributed by atoms with Crippen molar-refractivity contribution in [2.45, 2.75) is 5.54 Å². The van der Waals surface area contributed by atoms with E-state index in [9.17, 15) is 9.59 Å². The third-order valence-electron chi connectivity index (χ3n) is 8.62. The first kappa shape index (κ1) is 30.5. The predicted molar refractivity (Wildman–Crippen MR) is 189 cm³/mol. The molecule has 1 aliphatic rings. The van der Waals surface area contributed by atoms with E-state index < -0.39 is 5.54 Å². The van der Waals surface area contributed by atoms with Crippen LogP contribution in [0, 0.1) is 0 Å². The van der Waals surface area contributed by atoms with Crippen molar-refractivity contribution in [2.24, 2.45) is 0 Å². The lowest BCUT2D eigenvalue weighted by atomic mass is 9.77. The van der Waals surface area contributed by atoms with Gasteiger partial charge in [0.15, 0.2) is 0 Å². The van der Waals surface area contributed by atoms with E-state index in [4.69, 9.17) is 11.6 Å². The van der Waals surface area contributed by atoms with Crippen LogP contribution in [0.4, 0.5) is 11.4 Å². The molecule has 6 aromatic rings. The lowest BCUT2D eigenvalue weighted by Crippen LogP contribution is -2.48. The molecule has 0 unspecified atom stereocenters. The maximum Gasteiger partial charge on any atom is 0.275 e. The number of hydrogen-bond donors (Lipinski definition) is 1. The molecule has 0 atom stereocenters. The summed E-state index contributed by atoms with van der Waals surface area (Å²) in [6.07, 6.45) is 3.56. The van der Waals surface area contributed by atoms with E-state index in [1.165, 1.54) is 11.3 Å². The number of carbonyl (C=O) groups excluding carboxylic acids is 2. The molecular weight excluding hydrogens is 626 g/mol. The normalized spacial score (nSPS) is 13.4. The molecule has 0 radical (unpaired) electrons. The van der Waals surface area contributed by atoms with Crippen LogP contribution in [0.5, 0.6) is 0 Å². The summed E-state index contributed by atoms with van der Waals surface area (Å²) >= 11 is 7.33. The number of piperazine rings is 1. The van der Waals surface area contributed by atoms with Crippen molar-refractivity contribution in [3.63, 3.8) is 0 Å². The van der Waals surface area contributed by atoms with Gasteiger partial charge in [0.2, 0.25) is 0 Å². The Balaban J connectivity index is 1.09. The van der Waals surface area contributed by atoms with Crippen molar-refractivity contribution >= 4 is 46.1 Å². The molecule has 7 rings (SSSR count). The highest BCUT2D eigenvalue weighted by atomic mass is 35.5. The lowest BCUT2D eigenvalue weighted by Gasteiger charge is -2.37. The molecule has 0 bridgehead atoms. The molecule has 3 heterocycles. The predicted octanol–water partition coefficient (Wildman–Crippen LogP) is 7.65. The highest BCUT2D eigenvalue weighted by molar-refractivity contribution is 7.17. The summed E-state index contributed by atoms with van der Waals surface area (Å²) in [5, 5.41) is 3.02. The van der Waals surface area contributed by atoms with Crippen LogP contribution in [0.15, 0.2) is 140 Å². The van der Waals surface area contributed by atoms with E-state index in [-0.39, 0.29) is 11.8 Å². The number of carbonyl (C=O) groups is 2. The van der Waals surface area contributed by atoms with E-state index in [2.05, 4.69) is 51.6 Å². The number of imidazole rings is 1. The number of nitrogens with zero attached hydrogens (tertiary/aromatic N) is 4. The van der Waals surface area contributed by atoms with Gasteiger partial charge in [-0.05, 0) is 53.1 Å². The zero-order chi connectivity index (χ0) is 32.2. The van der Waals surface area contributed by atoms with Gasteiger partial charge in [-0.1, -0.05) is 103 Å². The smallest absolute Gasteiger partial charge is 0.275 e. The lowest BCUT2D eigenvalue weighted by molar-refractivity contribution is 0.0751. The molecule has 0 aliphatic carbocycles. The number of halogens is 1. The van der Waals surface area contributed by atoms with Gasteiger partial charge in [-0.2, -0.15) is 0 Å². The Hall–Kier alpha value is -5.18. The van der Waals surface area contributed by atoms with Gasteiger partial charge < -0.3 is 19.7 Å². The third-order valence-corrected chi connectivity index (χ3v) is 9.84. The van der Waals surface area contributed by atoms with E-state index in [1.807, 2.05) is 94.5 Å². The number of thiophene rings is 1. The molecule has 234 valence electrons. The number of aromatic nitrogens is 2. The summed E-state index contributed by atoms with van der Waals surface area (Å²) in [5.41, 5.74) is 4.45. The van der Waals surface area contributed by atoms with Crippen LogP contribution in [0.3, 0.4) is 0 Å². The minimum atomic E-state index is -0.748. The summed E-state index contributed by atoms with van der Waals surface area (Å²) in [6, 6.07) is 42.2. The topological polar surface area (TPSA) is 70.5 Å². The Labute approximate surface area is 282 Å². The van der Waals surface area contributed by atoms with Crippen molar-refractivity contribution < 1.29 is 9.59 Å². The fourth-order valence-corrected chi connectivity index (χ4v) is 7.32. The highest BCUT2D eigenvalue weighted by Crippen LogP contribution is 2.40. The average Bonchev–Trinajstić information content (AvgIpc) is 3.80. The molecule has 1 aliphatic heterocycles. The van der Waals surface area contributed by atoms with Crippen LogP contribution in [0.25, 0.3) is 0 Å². The largest absolute Gasteiger partial charge is 0.368 e. The summed E-state index contributed by atoms with van der Waals surface area (Å²) in [6.45, 7) is 2.71. The number of hydrogen-bond acceptors (Lipinski definition) is 5. The van der Waals surface area contributed by atoms with E-state index in [0.717, 1.165) is 35.5 Å². The van der Waals surface area contributed by atoms with Crippen molar-refractivity contribution in [1.82, 2.24) is 14.5 Å². The molecule has 1 saturated heterocycles. The molecule has 47 heavy (non-hydrogen) atoms. The molecule has 2 aromatic heterocycles. The van der Waals surface area contributed by atoms with Gasteiger partial charge in [0.05, 0.1) is 15.5 Å². The van der Waals surface area contributed by atoms with Gasteiger partial charge in [-0.25, -0.2) is 4.98 Å².